The highest BCUT2D eigenvalue weighted by Crippen LogP contribution is 2.34. The van der Waals surface area contributed by atoms with Gasteiger partial charge in [-0.25, -0.2) is 9.97 Å². The number of ketones is 1. The van der Waals surface area contributed by atoms with E-state index in [1.54, 1.807) is 6.92 Å². The molecule has 0 bridgehead atoms. The SMILES string of the molecule is CCc1c(-c2cnc3cc(C)ccn23)ccc(Nc2ccc(C)c(CN)n2)c1C(C)=O. The molecule has 0 aliphatic heterocycles. The minimum absolute atomic E-state index is 0.0111. The van der Waals surface area contributed by atoms with Crippen LogP contribution in [0.1, 0.15) is 46.6 Å². The van der Waals surface area contributed by atoms with Crippen LogP contribution < -0.4 is 11.1 Å². The van der Waals surface area contributed by atoms with Crippen LogP contribution in [0.5, 0.6) is 0 Å². The maximum atomic E-state index is 12.7. The lowest BCUT2D eigenvalue weighted by Crippen LogP contribution is -2.09. The highest BCUT2D eigenvalue weighted by atomic mass is 16.1. The molecule has 0 saturated carbocycles. The van der Waals surface area contributed by atoms with Crippen molar-refractivity contribution in [2.24, 2.45) is 5.73 Å². The smallest absolute Gasteiger partial charge is 0.162 e. The van der Waals surface area contributed by atoms with Crippen LogP contribution >= 0.6 is 0 Å². The molecule has 0 aliphatic carbocycles. The van der Waals surface area contributed by atoms with Crippen LogP contribution in [0.3, 0.4) is 0 Å². The number of hydrogen-bond acceptors (Lipinski definition) is 5. The molecule has 0 fully saturated rings. The molecule has 0 amide bonds. The van der Waals surface area contributed by atoms with E-state index in [1.165, 1.54) is 0 Å². The van der Waals surface area contributed by atoms with Gasteiger partial charge in [-0.2, -0.15) is 0 Å². The molecule has 0 saturated heterocycles. The van der Waals surface area contributed by atoms with E-state index < -0.39 is 0 Å². The quantitative estimate of drug-likeness (QED) is 0.436. The molecule has 0 spiro atoms. The summed E-state index contributed by atoms with van der Waals surface area (Å²) in [7, 11) is 0. The second-order valence-electron chi connectivity index (χ2n) is 7.79. The second kappa shape index (κ2) is 8.32. The molecular formula is C25H27N5O. The van der Waals surface area contributed by atoms with Gasteiger partial charge in [-0.1, -0.05) is 19.1 Å². The average molecular weight is 414 g/mol. The van der Waals surface area contributed by atoms with Crippen molar-refractivity contribution in [1.82, 2.24) is 14.4 Å². The molecule has 1 aromatic carbocycles. The molecule has 0 unspecified atom stereocenters. The number of rotatable bonds is 6. The average Bonchev–Trinajstić information content (AvgIpc) is 3.17. The van der Waals surface area contributed by atoms with Gasteiger partial charge in [0.05, 0.1) is 23.3 Å². The Morgan fingerprint density at radius 3 is 2.68 bits per heavy atom. The summed E-state index contributed by atoms with van der Waals surface area (Å²) >= 11 is 0. The van der Waals surface area contributed by atoms with E-state index in [9.17, 15) is 4.79 Å². The molecule has 158 valence electrons. The Morgan fingerprint density at radius 2 is 1.97 bits per heavy atom. The van der Waals surface area contributed by atoms with Crippen LogP contribution in [0.4, 0.5) is 11.5 Å². The summed E-state index contributed by atoms with van der Waals surface area (Å²) < 4.78 is 2.06. The Morgan fingerprint density at radius 1 is 1.16 bits per heavy atom. The molecule has 0 aliphatic rings. The molecular weight excluding hydrogens is 386 g/mol. The minimum Gasteiger partial charge on any atom is -0.340 e. The molecule has 6 heteroatoms. The first-order valence-electron chi connectivity index (χ1n) is 10.5. The molecule has 0 radical (unpaired) electrons. The zero-order valence-electron chi connectivity index (χ0n) is 18.4. The number of carbonyl (C=O) groups is 1. The van der Waals surface area contributed by atoms with Gasteiger partial charge in [0.25, 0.3) is 0 Å². The number of carbonyl (C=O) groups excluding carboxylic acids is 1. The predicted molar refractivity (Wildman–Crippen MR) is 125 cm³/mol. The van der Waals surface area contributed by atoms with Crippen molar-refractivity contribution in [3.63, 3.8) is 0 Å². The zero-order valence-corrected chi connectivity index (χ0v) is 18.4. The van der Waals surface area contributed by atoms with Gasteiger partial charge in [0.1, 0.15) is 11.5 Å². The van der Waals surface area contributed by atoms with Gasteiger partial charge in [0.2, 0.25) is 0 Å². The largest absolute Gasteiger partial charge is 0.340 e. The van der Waals surface area contributed by atoms with Gasteiger partial charge in [0.15, 0.2) is 5.78 Å². The van der Waals surface area contributed by atoms with Gasteiger partial charge in [-0.15, -0.1) is 0 Å². The highest BCUT2D eigenvalue weighted by Gasteiger charge is 2.19. The van der Waals surface area contributed by atoms with Crippen molar-refractivity contribution in [2.45, 2.75) is 40.7 Å². The Labute approximate surface area is 182 Å². The van der Waals surface area contributed by atoms with Crippen LogP contribution in [0, 0.1) is 13.8 Å². The van der Waals surface area contributed by atoms with E-state index in [-0.39, 0.29) is 5.78 Å². The summed E-state index contributed by atoms with van der Waals surface area (Å²) in [6.07, 6.45) is 4.61. The Kier molecular flexibility index (Phi) is 5.57. The second-order valence-corrected chi connectivity index (χ2v) is 7.79. The van der Waals surface area contributed by atoms with Gasteiger partial charge in [-0.05, 0) is 68.1 Å². The van der Waals surface area contributed by atoms with Crippen LogP contribution in [-0.4, -0.2) is 20.2 Å². The Balaban J connectivity index is 1.85. The molecule has 3 aromatic heterocycles. The van der Waals surface area contributed by atoms with Crippen LogP contribution in [-0.2, 0) is 13.0 Å². The molecule has 3 N–H and O–H groups in total. The van der Waals surface area contributed by atoms with Gasteiger partial charge >= 0.3 is 0 Å². The molecule has 3 heterocycles. The first-order valence-corrected chi connectivity index (χ1v) is 10.5. The predicted octanol–water partition coefficient (Wildman–Crippen LogP) is 4.98. The normalized spacial score (nSPS) is 11.1. The fraction of sp³-hybridized carbons (Fsp3) is 0.240. The molecule has 4 aromatic rings. The van der Waals surface area contributed by atoms with Gasteiger partial charge < -0.3 is 11.1 Å². The number of nitrogens with two attached hydrogens (primary N) is 1. The molecule has 31 heavy (non-hydrogen) atoms. The zero-order chi connectivity index (χ0) is 22.1. The number of Topliss-reactive ketones (excluding diaryl/α,β-unsaturated/α-hetero) is 1. The maximum Gasteiger partial charge on any atom is 0.162 e. The molecule has 6 nitrogen and oxygen atoms in total. The monoisotopic (exact) mass is 413 g/mol. The van der Waals surface area contributed by atoms with Gasteiger partial charge in [0, 0.05) is 23.9 Å². The Hall–Kier alpha value is -3.51. The van der Waals surface area contributed by atoms with E-state index in [0.29, 0.717) is 24.3 Å². The van der Waals surface area contributed by atoms with Crippen LogP contribution in [0.15, 0.2) is 48.8 Å². The molecule has 0 atom stereocenters. The van der Waals surface area contributed by atoms with E-state index in [4.69, 9.17) is 5.73 Å². The van der Waals surface area contributed by atoms with Crippen molar-refractivity contribution in [2.75, 3.05) is 5.32 Å². The van der Waals surface area contributed by atoms with E-state index >= 15 is 0 Å². The van der Waals surface area contributed by atoms with Crippen molar-refractivity contribution >= 4 is 22.9 Å². The van der Waals surface area contributed by atoms with Crippen molar-refractivity contribution in [3.8, 4) is 11.3 Å². The first kappa shape index (κ1) is 20.8. The molecule has 4 rings (SSSR count). The number of benzene rings is 1. The number of pyridine rings is 2. The maximum absolute atomic E-state index is 12.7. The van der Waals surface area contributed by atoms with E-state index in [0.717, 1.165) is 45.0 Å². The van der Waals surface area contributed by atoms with E-state index in [1.807, 2.05) is 37.5 Å². The minimum atomic E-state index is 0.0111. The summed E-state index contributed by atoms with van der Waals surface area (Å²) in [6.45, 7) is 8.08. The Bertz CT molecular complexity index is 1290. The lowest BCUT2D eigenvalue weighted by atomic mass is 9.93. The fourth-order valence-corrected chi connectivity index (χ4v) is 4.03. The number of nitrogens with zero attached hydrogens (tertiary/aromatic N) is 3. The number of fused-ring (bicyclic) bond motifs is 1. The van der Waals surface area contributed by atoms with E-state index in [2.05, 4.69) is 51.7 Å². The number of aryl methyl sites for hydroxylation is 2. The standard InChI is InChI=1S/C25H27N5O/c1-5-18-19(22-14-27-24-12-15(2)10-11-30(22)24)7-8-20(25(18)17(4)31)28-23-9-6-16(3)21(13-26)29-23/h6-12,14H,5,13,26H2,1-4H3,(H,28,29). The first-order chi connectivity index (χ1) is 14.9. The summed E-state index contributed by atoms with van der Waals surface area (Å²) in [4.78, 5) is 21.9. The highest BCUT2D eigenvalue weighted by molar-refractivity contribution is 6.03. The number of imidazole rings is 1. The van der Waals surface area contributed by atoms with Crippen LogP contribution in [0.25, 0.3) is 16.9 Å². The summed E-state index contributed by atoms with van der Waals surface area (Å²) in [5, 5.41) is 3.34. The third kappa shape index (κ3) is 3.82. The lowest BCUT2D eigenvalue weighted by Gasteiger charge is -2.18. The van der Waals surface area contributed by atoms with Crippen molar-refractivity contribution in [1.29, 1.82) is 0 Å². The van der Waals surface area contributed by atoms with Crippen LogP contribution in [0.2, 0.25) is 0 Å². The lowest BCUT2D eigenvalue weighted by molar-refractivity contribution is 0.101. The summed E-state index contributed by atoms with van der Waals surface area (Å²) in [5.41, 5.74) is 14.1. The van der Waals surface area contributed by atoms with Crippen molar-refractivity contribution in [3.05, 3.63) is 76.7 Å². The fourth-order valence-electron chi connectivity index (χ4n) is 4.03. The topological polar surface area (TPSA) is 85.3 Å². The summed E-state index contributed by atoms with van der Waals surface area (Å²) in [5.74, 6) is 0.686. The third-order valence-electron chi connectivity index (χ3n) is 5.62. The number of hydrogen-bond donors (Lipinski definition) is 2. The third-order valence-corrected chi connectivity index (χ3v) is 5.62. The number of aromatic nitrogens is 3. The number of nitrogens with one attached hydrogen (secondary N) is 1. The summed E-state index contributed by atoms with van der Waals surface area (Å²) in [6, 6.07) is 12.0. The van der Waals surface area contributed by atoms with Crippen molar-refractivity contribution < 1.29 is 4.79 Å². The number of anilines is 2. The van der Waals surface area contributed by atoms with Gasteiger partial charge in [-0.3, -0.25) is 9.20 Å².